The van der Waals surface area contributed by atoms with Gasteiger partial charge < -0.3 is 24.4 Å². The van der Waals surface area contributed by atoms with Gasteiger partial charge in [0.25, 0.3) is 12.4 Å². The second kappa shape index (κ2) is 12.0. The average Bonchev–Trinajstić information content (AvgIpc) is 2.90. The molecule has 3 aromatic rings. The number of carbonyl (C=O) groups excluding carboxylic acids is 2. The van der Waals surface area contributed by atoms with Gasteiger partial charge in [-0.3, -0.25) is 9.59 Å². The van der Waals surface area contributed by atoms with Gasteiger partial charge in [0.1, 0.15) is 11.9 Å². The van der Waals surface area contributed by atoms with E-state index in [0.717, 1.165) is 42.0 Å². The number of carbonyl (C=O) groups is 2. The summed E-state index contributed by atoms with van der Waals surface area (Å²) >= 11 is 0. The largest absolute Gasteiger partial charge is 0.490 e. The zero-order valence-electron chi connectivity index (χ0n) is 20.5. The van der Waals surface area contributed by atoms with Crippen LogP contribution in [0.25, 0.3) is 0 Å². The third-order valence-corrected chi connectivity index (χ3v) is 5.95. The standard InChI is InChI=1S/C27H30N4O5/c1-3-34-24-8-4-5-9-25(24)36-23-7-6-12-31(17-23)27-29-15-21(16-30-27)26(33)28-14-20-13-22(35-18-32)11-10-19(20)2/h4-5,8-11,13,15-16,18,23H,3,6-7,12,14,17H2,1-2H3,(H,28,33)/t23-/m1/s1. The second-order valence-electron chi connectivity index (χ2n) is 8.46. The van der Waals surface area contributed by atoms with Crippen LogP contribution in [0.4, 0.5) is 5.95 Å². The highest BCUT2D eigenvalue weighted by molar-refractivity contribution is 5.93. The van der Waals surface area contributed by atoms with Gasteiger partial charge in [0, 0.05) is 25.5 Å². The molecule has 1 amide bonds. The number of piperidine rings is 1. The van der Waals surface area contributed by atoms with Crippen LogP contribution in [0, 0.1) is 6.92 Å². The second-order valence-corrected chi connectivity index (χ2v) is 8.46. The van der Waals surface area contributed by atoms with Crippen LogP contribution in [-0.4, -0.2) is 48.1 Å². The SMILES string of the molecule is CCOc1ccccc1O[C@@H]1CCCN(c2ncc(C(=O)NCc3cc(OC=O)ccc3C)cn2)C1. The minimum atomic E-state index is -0.282. The van der Waals surface area contributed by atoms with Crippen LogP contribution in [0.3, 0.4) is 0 Å². The molecule has 0 unspecified atom stereocenters. The molecule has 0 spiro atoms. The van der Waals surface area contributed by atoms with E-state index in [1.54, 1.807) is 12.1 Å². The van der Waals surface area contributed by atoms with Gasteiger partial charge in [-0.2, -0.15) is 0 Å². The zero-order chi connectivity index (χ0) is 25.3. The summed E-state index contributed by atoms with van der Waals surface area (Å²) < 4.78 is 16.8. The molecule has 9 nitrogen and oxygen atoms in total. The first-order valence-electron chi connectivity index (χ1n) is 12.0. The van der Waals surface area contributed by atoms with Gasteiger partial charge in [-0.15, -0.1) is 0 Å². The van der Waals surface area contributed by atoms with Crippen molar-refractivity contribution in [3.8, 4) is 17.2 Å². The fraction of sp³-hybridized carbons (Fsp3) is 0.333. The van der Waals surface area contributed by atoms with E-state index in [1.165, 1.54) is 12.4 Å². The summed E-state index contributed by atoms with van der Waals surface area (Å²) in [5.74, 6) is 2.18. The fourth-order valence-corrected chi connectivity index (χ4v) is 4.06. The predicted octanol–water partition coefficient (Wildman–Crippen LogP) is 3.70. The molecule has 0 bridgehead atoms. The summed E-state index contributed by atoms with van der Waals surface area (Å²) in [5.41, 5.74) is 2.20. The van der Waals surface area contributed by atoms with E-state index < -0.39 is 0 Å². The highest BCUT2D eigenvalue weighted by atomic mass is 16.5. The van der Waals surface area contributed by atoms with Gasteiger partial charge in [0.05, 0.1) is 18.7 Å². The Morgan fingerprint density at radius 1 is 1.17 bits per heavy atom. The summed E-state index contributed by atoms with van der Waals surface area (Å²) in [5, 5.41) is 2.87. The quantitative estimate of drug-likeness (QED) is 0.429. The van der Waals surface area contributed by atoms with Crippen molar-refractivity contribution in [3.63, 3.8) is 0 Å². The molecule has 2 aromatic carbocycles. The van der Waals surface area contributed by atoms with Crippen molar-refractivity contribution in [2.75, 3.05) is 24.6 Å². The minimum absolute atomic E-state index is 0.0193. The highest BCUT2D eigenvalue weighted by Gasteiger charge is 2.24. The topological polar surface area (TPSA) is 103 Å². The summed E-state index contributed by atoms with van der Waals surface area (Å²) in [7, 11) is 0. The normalized spacial score (nSPS) is 15.2. The number of para-hydroxylation sites is 2. The number of aromatic nitrogens is 2. The molecular weight excluding hydrogens is 460 g/mol. The average molecular weight is 491 g/mol. The van der Waals surface area contributed by atoms with Crippen molar-refractivity contribution < 1.29 is 23.8 Å². The Morgan fingerprint density at radius 2 is 1.94 bits per heavy atom. The Hall–Kier alpha value is -4.14. The van der Waals surface area contributed by atoms with Gasteiger partial charge in [-0.1, -0.05) is 18.2 Å². The number of benzene rings is 2. The molecule has 1 saturated heterocycles. The molecule has 36 heavy (non-hydrogen) atoms. The highest BCUT2D eigenvalue weighted by Crippen LogP contribution is 2.29. The molecular formula is C27H30N4O5. The number of amides is 1. The Bertz CT molecular complexity index is 1190. The summed E-state index contributed by atoms with van der Waals surface area (Å²) in [6.45, 7) is 6.57. The van der Waals surface area contributed by atoms with Crippen LogP contribution in [0.2, 0.25) is 0 Å². The Balaban J connectivity index is 1.35. The maximum Gasteiger partial charge on any atom is 0.298 e. The predicted molar refractivity (Wildman–Crippen MR) is 135 cm³/mol. The van der Waals surface area contributed by atoms with E-state index >= 15 is 0 Å². The summed E-state index contributed by atoms with van der Waals surface area (Å²) in [6, 6.07) is 13.0. The first-order chi connectivity index (χ1) is 17.6. The van der Waals surface area contributed by atoms with Crippen molar-refractivity contribution in [3.05, 3.63) is 71.5 Å². The summed E-state index contributed by atoms with van der Waals surface area (Å²) in [6.07, 6.45) is 4.92. The lowest BCUT2D eigenvalue weighted by Crippen LogP contribution is -2.42. The monoisotopic (exact) mass is 490 g/mol. The molecule has 4 rings (SSSR count). The lowest BCUT2D eigenvalue weighted by molar-refractivity contribution is -0.120. The van der Waals surface area contributed by atoms with Gasteiger partial charge in [0.2, 0.25) is 5.95 Å². The zero-order valence-corrected chi connectivity index (χ0v) is 20.5. The first kappa shape index (κ1) is 25.0. The molecule has 1 atom stereocenters. The number of hydrogen-bond acceptors (Lipinski definition) is 8. The van der Waals surface area contributed by atoms with Gasteiger partial charge in [0.15, 0.2) is 11.5 Å². The van der Waals surface area contributed by atoms with E-state index in [2.05, 4.69) is 20.2 Å². The van der Waals surface area contributed by atoms with Crippen molar-refractivity contribution in [1.29, 1.82) is 0 Å². The molecule has 1 fully saturated rings. The van der Waals surface area contributed by atoms with Crippen molar-refractivity contribution in [1.82, 2.24) is 15.3 Å². The molecule has 0 saturated carbocycles. The third kappa shape index (κ3) is 6.29. The van der Waals surface area contributed by atoms with Crippen molar-refractivity contribution >= 4 is 18.3 Å². The van der Waals surface area contributed by atoms with Crippen LogP contribution < -0.4 is 24.4 Å². The number of anilines is 1. The first-order valence-corrected chi connectivity index (χ1v) is 12.0. The van der Waals surface area contributed by atoms with E-state index in [4.69, 9.17) is 14.2 Å². The molecule has 1 aromatic heterocycles. The molecule has 1 N–H and O–H groups in total. The molecule has 0 aliphatic carbocycles. The van der Waals surface area contributed by atoms with Crippen LogP contribution in [-0.2, 0) is 11.3 Å². The Labute approximate surface area is 210 Å². The van der Waals surface area contributed by atoms with Crippen LogP contribution in [0.5, 0.6) is 17.2 Å². The van der Waals surface area contributed by atoms with Crippen molar-refractivity contribution in [2.24, 2.45) is 0 Å². The number of rotatable bonds is 10. The maximum absolute atomic E-state index is 12.6. The van der Waals surface area contributed by atoms with Gasteiger partial charge in [-0.25, -0.2) is 9.97 Å². The number of ether oxygens (including phenoxy) is 3. The molecule has 1 aliphatic heterocycles. The van der Waals surface area contributed by atoms with E-state index in [0.29, 0.717) is 36.9 Å². The van der Waals surface area contributed by atoms with Crippen LogP contribution in [0.15, 0.2) is 54.9 Å². The molecule has 2 heterocycles. The smallest absolute Gasteiger partial charge is 0.298 e. The number of hydrogen-bond donors (Lipinski definition) is 1. The lowest BCUT2D eigenvalue weighted by atomic mass is 10.1. The van der Waals surface area contributed by atoms with Gasteiger partial charge in [-0.05, 0) is 62.1 Å². The van der Waals surface area contributed by atoms with Crippen LogP contribution >= 0.6 is 0 Å². The third-order valence-electron chi connectivity index (χ3n) is 5.95. The molecule has 0 radical (unpaired) electrons. The van der Waals surface area contributed by atoms with E-state index in [1.807, 2.05) is 44.2 Å². The van der Waals surface area contributed by atoms with E-state index in [-0.39, 0.29) is 18.6 Å². The number of nitrogens with one attached hydrogen (secondary N) is 1. The number of nitrogens with zero attached hydrogens (tertiary/aromatic N) is 3. The Kier molecular flexibility index (Phi) is 8.33. The van der Waals surface area contributed by atoms with Crippen molar-refractivity contribution in [2.45, 2.75) is 39.3 Å². The summed E-state index contributed by atoms with van der Waals surface area (Å²) in [4.78, 5) is 34.2. The lowest BCUT2D eigenvalue weighted by Gasteiger charge is -2.33. The maximum atomic E-state index is 12.6. The molecule has 1 aliphatic rings. The molecule has 9 heteroatoms. The number of aryl methyl sites for hydroxylation is 1. The minimum Gasteiger partial charge on any atom is -0.490 e. The molecule has 188 valence electrons. The van der Waals surface area contributed by atoms with Crippen LogP contribution in [0.1, 0.15) is 41.3 Å². The Morgan fingerprint density at radius 3 is 2.69 bits per heavy atom. The fourth-order valence-electron chi connectivity index (χ4n) is 4.06. The van der Waals surface area contributed by atoms with Gasteiger partial charge >= 0.3 is 0 Å². The van der Waals surface area contributed by atoms with E-state index in [9.17, 15) is 9.59 Å².